The molecule has 0 atom stereocenters. The van der Waals surface area contributed by atoms with Crippen molar-refractivity contribution in [3.05, 3.63) is 90.0 Å². The Balaban J connectivity index is 1.38. The number of nitrogens with one attached hydrogen (secondary N) is 2. The second kappa shape index (κ2) is 11.4. The van der Waals surface area contributed by atoms with Crippen LogP contribution in [0.3, 0.4) is 0 Å². The molecule has 2 N–H and O–H groups in total. The van der Waals surface area contributed by atoms with Gasteiger partial charge in [0.1, 0.15) is 12.3 Å². The van der Waals surface area contributed by atoms with E-state index in [0.29, 0.717) is 18.2 Å². The van der Waals surface area contributed by atoms with Crippen molar-refractivity contribution in [2.45, 2.75) is 24.8 Å². The van der Waals surface area contributed by atoms with Gasteiger partial charge in [0.15, 0.2) is 5.16 Å². The van der Waals surface area contributed by atoms with Gasteiger partial charge in [-0.1, -0.05) is 66.4 Å². The Labute approximate surface area is 202 Å². The van der Waals surface area contributed by atoms with E-state index >= 15 is 0 Å². The number of nitrogens with zero attached hydrogens (tertiary/aromatic N) is 2. The minimum absolute atomic E-state index is 0.0867. The zero-order chi connectivity index (χ0) is 23.8. The first-order valence-electron chi connectivity index (χ1n) is 10.9. The number of fused-ring (bicyclic) bond motifs is 1. The van der Waals surface area contributed by atoms with Crippen LogP contribution in [0.1, 0.15) is 11.1 Å². The van der Waals surface area contributed by atoms with Gasteiger partial charge in [-0.05, 0) is 35.4 Å². The number of hydrogen-bond donors (Lipinski definition) is 2. The summed E-state index contributed by atoms with van der Waals surface area (Å²) in [4.78, 5) is 29.8. The zero-order valence-electron chi connectivity index (χ0n) is 18.9. The van der Waals surface area contributed by atoms with Gasteiger partial charge in [0, 0.05) is 13.1 Å². The number of benzene rings is 3. The molecule has 4 aromatic rings. The lowest BCUT2D eigenvalue weighted by Gasteiger charge is -2.10. The number of ether oxygens (including phenoxy) is 1. The van der Waals surface area contributed by atoms with Crippen molar-refractivity contribution in [1.82, 2.24) is 20.2 Å². The Morgan fingerprint density at radius 3 is 2.24 bits per heavy atom. The number of hydrogen-bond acceptors (Lipinski definition) is 5. The fourth-order valence-electron chi connectivity index (χ4n) is 3.44. The molecule has 0 spiro atoms. The highest BCUT2D eigenvalue weighted by Crippen LogP contribution is 2.24. The number of imidazole rings is 1. The maximum Gasteiger partial charge on any atom is 0.240 e. The molecule has 0 aliphatic rings. The highest BCUT2D eigenvalue weighted by molar-refractivity contribution is 7.99. The Hall–Kier alpha value is -3.78. The van der Waals surface area contributed by atoms with E-state index in [1.807, 2.05) is 83.4 Å². The summed E-state index contributed by atoms with van der Waals surface area (Å²) in [5.74, 6) is 0.768. The molecule has 0 fully saturated rings. The number of aromatic nitrogens is 2. The summed E-state index contributed by atoms with van der Waals surface area (Å²) in [7, 11) is 1.62. The minimum Gasteiger partial charge on any atom is -0.497 e. The average molecular weight is 475 g/mol. The second-order valence-corrected chi connectivity index (χ2v) is 8.59. The van der Waals surface area contributed by atoms with Crippen LogP contribution in [0, 0.1) is 0 Å². The Bertz CT molecular complexity index is 1260. The van der Waals surface area contributed by atoms with Crippen LogP contribution in [-0.4, -0.2) is 34.2 Å². The standard InChI is InChI=1S/C26H26N4O3S/c1-33-21-13-11-20(12-14-21)16-27-24(31)17-30-23-10-6-5-9-22(23)29-26(30)34-18-25(32)28-15-19-7-3-2-4-8-19/h2-14H,15-18H2,1H3,(H,27,31)(H,28,32). The number of rotatable bonds is 10. The van der Waals surface area contributed by atoms with Crippen molar-refractivity contribution < 1.29 is 14.3 Å². The number of methoxy groups -OCH3 is 1. The van der Waals surface area contributed by atoms with Gasteiger partial charge in [0.2, 0.25) is 11.8 Å². The normalized spacial score (nSPS) is 10.7. The maximum atomic E-state index is 12.7. The van der Waals surface area contributed by atoms with Gasteiger partial charge < -0.3 is 19.9 Å². The fraction of sp³-hybridized carbons (Fsp3) is 0.192. The van der Waals surface area contributed by atoms with Crippen LogP contribution in [0.2, 0.25) is 0 Å². The fourth-order valence-corrected chi connectivity index (χ4v) is 4.28. The molecule has 2 amide bonds. The number of carbonyl (C=O) groups is 2. The predicted octanol–water partition coefficient (Wildman–Crippen LogP) is 3.77. The third-order valence-corrected chi connectivity index (χ3v) is 6.21. The van der Waals surface area contributed by atoms with Crippen LogP contribution in [0.25, 0.3) is 11.0 Å². The van der Waals surface area contributed by atoms with Gasteiger partial charge in [0.25, 0.3) is 0 Å². The van der Waals surface area contributed by atoms with Crippen LogP contribution in [0.15, 0.2) is 84.0 Å². The van der Waals surface area contributed by atoms with E-state index in [4.69, 9.17) is 4.74 Å². The molecular weight excluding hydrogens is 448 g/mol. The van der Waals surface area contributed by atoms with Crippen LogP contribution >= 0.6 is 11.8 Å². The van der Waals surface area contributed by atoms with Crippen molar-refractivity contribution in [2.24, 2.45) is 0 Å². The van der Waals surface area contributed by atoms with Crippen LogP contribution in [0.4, 0.5) is 0 Å². The molecular formula is C26H26N4O3S. The van der Waals surface area contributed by atoms with E-state index < -0.39 is 0 Å². The quantitative estimate of drug-likeness (QED) is 0.342. The average Bonchev–Trinajstić information content (AvgIpc) is 3.23. The number of para-hydroxylation sites is 2. The molecule has 0 unspecified atom stereocenters. The summed E-state index contributed by atoms with van der Waals surface area (Å²) >= 11 is 1.32. The molecule has 0 radical (unpaired) electrons. The zero-order valence-corrected chi connectivity index (χ0v) is 19.7. The van der Waals surface area contributed by atoms with Crippen molar-refractivity contribution in [3.63, 3.8) is 0 Å². The smallest absolute Gasteiger partial charge is 0.240 e. The molecule has 3 aromatic carbocycles. The van der Waals surface area contributed by atoms with E-state index in [2.05, 4.69) is 15.6 Å². The lowest BCUT2D eigenvalue weighted by molar-refractivity contribution is -0.122. The van der Waals surface area contributed by atoms with Crippen LogP contribution in [0.5, 0.6) is 5.75 Å². The number of carbonyl (C=O) groups excluding carboxylic acids is 2. The van der Waals surface area contributed by atoms with E-state index in [9.17, 15) is 9.59 Å². The van der Waals surface area contributed by atoms with Gasteiger partial charge in [-0.15, -0.1) is 0 Å². The molecule has 0 saturated carbocycles. The molecule has 1 heterocycles. The van der Waals surface area contributed by atoms with Gasteiger partial charge in [-0.25, -0.2) is 4.98 Å². The SMILES string of the molecule is COc1ccc(CNC(=O)Cn2c(SCC(=O)NCc3ccccc3)nc3ccccc32)cc1. The largest absolute Gasteiger partial charge is 0.497 e. The highest BCUT2D eigenvalue weighted by Gasteiger charge is 2.15. The Morgan fingerprint density at radius 2 is 1.50 bits per heavy atom. The summed E-state index contributed by atoms with van der Waals surface area (Å²) in [6.07, 6.45) is 0. The van der Waals surface area contributed by atoms with E-state index in [1.165, 1.54) is 11.8 Å². The molecule has 8 heteroatoms. The Kier molecular flexibility index (Phi) is 7.83. The van der Waals surface area contributed by atoms with Gasteiger partial charge in [-0.2, -0.15) is 0 Å². The third-order valence-electron chi connectivity index (χ3n) is 5.23. The predicted molar refractivity (Wildman–Crippen MR) is 134 cm³/mol. The molecule has 174 valence electrons. The van der Waals surface area contributed by atoms with Crippen molar-refractivity contribution in [2.75, 3.05) is 12.9 Å². The van der Waals surface area contributed by atoms with Crippen LogP contribution < -0.4 is 15.4 Å². The number of amides is 2. The molecule has 0 saturated heterocycles. The first-order valence-corrected chi connectivity index (χ1v) is 11.9. The first kappa shape index (κ1) is 23.4. The van der Waals surface area contributed by atoms with Gasteiger partial charge >= 0.3 is 0 Å². The maximum absolute atomic E-state index is 12.7. The monoisotopic (exact) mass is 474 g/mol. The Morgan fingerprint density at radius 1 is 0.853 bits per heavy atom. The molecule has 7 nitrogen and oxygen atoms in total. The van der Waals surface area contributed by atoms with Gasteiger partial charge in [-0.3, -0.25) is 9.59 Å². The van der Waals surface area contributed by atoms with E-state index in [0.717, 1.165) is 27.9 Å². The summed E-state index contributed by atoms with van der Waals surface area (Å²) in [5, 5.41) is 6.51. The number of thioether (sulfide) groups is 1. The summed E-state index contributed by atoms with van der Waals surface area (Å²) in [6.45, 7) is 1.01. The lowest BCUT2D eigenvalue weighted by atomic mass is 10.2. The second-order valence-electron chi connectivity index (χ2n) is 7.65. The summed E-state index contributed by atoms with van der Waals surface area (Å²) < 4.78 is 7.02. The lowest BCUT2D eigenvalue weighted by Crippen LogP contribution is -2.27. The molecule has 4 rings (SSSR count). The van der Waals surface area contributed by atoms with Crippen LogP contribution in [-0.2, 0) is 29.2 Å². The topological polar surface area (TPSA) is 85.2 Å². The molecule has 0 bridgehead atoms. The van der Waals surface area contributed by atoms with Crippen molar-refractivity contribution in [3.8, 4) is 5.75 Å². The summed E-state index contributed by atoms with van der Waals surface area (Å²) in [6, 6.07) is 25.0. The molecule has 34 heavy (non-hydrogen) atoms. The summed E-state index contributed by atoms with van der Waals surface area (Å²) in [5.41, 5.74) is 3.67. The molecule has 0 aliphatic heterocycles. The van der Waals surface area contributed by atoms with Crippen molar-refractivity contribution >= 4 is 34.6 Å². The van der Waals surface area contributed by atoms with Crippen molar-refractivity contribution in [1.29, 1.82) is 0 Å². The first-order chi connectivity index (χ1) is 16.6. The third kappa shape index (κ3) is 6.17. The van der Waals surface area contributed by atoms with E-state index in [1.54, 1.807) is 7.11 Å². The highest BCUT2D eigenvalue weighted by atomic mass is 32.2. The van der Waals surface area contributed by atoms with Gasteiger partial charge in [0.05, 0.1) is 23.9 Å². The van der Waals surface area contributed by atoms with E-state index in [-0.39, 0.29) is 24.1 Å². The molecule has 1 aromatic heterocycles. The minimum atomic E-state index is -0.130. The molecule has 0 aliphatic carbocycles.